The van der Waals surface area contributed by atoms with E-state index in [9.17, 15) is 4.79 Å². The summed E-state index contributed by atoms with van der Waals surface area (Å²) in [6.45, 7) is 7.34. The zero-order valence-electron chi connectivity index (χ0n) is 8.03. The lowest BCUT2D eigenvalue weighted by Crippen LogP contribution is -2.26. The third-order valence-corrected chi connectivity index (χ3v) is 6.50. The molecule has 0 aliphatic carbocycles. The van der Waals surface area contributed by atoms with Crippen LogP contribution in [0.2, 0.25) is 0 Å². The lowest BCUT2D eigenvalue weighted by atomic mass is 10.3. The molecule has 0 amide bonds. The van der Waals surface area contributed by atoms with Crippen LogP contribution >= 0.6 is 35.3 Å². The maximum atomic E-state index is 11.9. The molecule has 0 spiro atoms. The largest absolute Gasteiger partial charge is 0.285 e. The molecule has 0 N–H and O–H groups in total. The second-order valence-electron chi connectivity index (χ2n) is 2.83. The summed E-state index contributed by atoms with van der Waals surface area (Å²) in [5.41, 5.74) is 0. The van der Waals surface area contributed by atoms with Gasteiger partial charge >= 0.3 is 0 Å². The molecular weight excluding hydrogens is 232 g/mol. The highest BCUT2D eigenvalue weighted by Gasteiger charge is 2.41. The van der Waals surface area contributed by atoms with Crippen molar-refractivity contribution in [1.82, 2.24) is 0 Å². The van der Waals surface area contributed by atoms with Crippen molar-refractivity contribution < 1.29 is 4.79 Å². The van der Waals surface area contributed by atoms with E-state index in [-0.39, 0.29) is 9.19 Å². The topological polar surface area (TPSA) is 17.1 Å². The van der Waals surface area contributed by atoms with Gasteiger partial charge in [0, 0.05) is 17.3 Å². The van der Waals surface area contributed by atoms with E-state index in [4.69, 9.17) is 0 Å². The first-order valence-electron chi connectivity index (χ1n) is 4.42. The summed E-state index contributed by atoms with van der Waals surface area (Å²) in [5, 5.41) is 0.268. The summed E-state index contributed by atoms with van der Waals surface area (Å²) in [6, 6.07) is 0. The van der Waals surface area contributed by atoms with Gasteiger partial charge in [-0.3, -0.25) is 4.79 Å². The van der Waals surface area contributed by atoms with E-state index in [0.717, 1.165) is 17.9 Å². The molecule has 0 saturated carbocycles. The molecule has 0 aromatic heterocycles. The van der Waals surface area contributed by atoms with Gasteiger partial charge in [0.05, 0.1) is 0 Å². The highest BCUT2D eigenvalue weighted by Crippen LogP contribution is 2.49. The van der Waals surface area contributed by atoms with Crippen molar-refractivity contribution >= 4 is 40.4 Å². The Hall–Kier alpha value is 0.200. The lowest BCUT2D eigenvalue weighted by molar-refractivity contribution is -0.111. The molecule has 1 fully saturated rings. The molecule has 0 aromatic rings. The van der Waals surface area contributed by atoms with E-state index in [0.29, 0.717) is 5.75 Å². The summed E-state index contributed by atoms with van der Waals surface area (Å²) >= 11 is 4.89. The average Bonchev–Trinajstić information content (AvgIpc) is 2.64. The third-order valence-electron chi connectivity index (χ3n) is 1.81. The minimum absolute atomic E-state index is 0.255. The lowest BCUT2D eigenvalue weighted by Gasteiger charge is -2.22. The Bertz CT molecular complexity index is 232. The Morgan fingerprint density at radius 3 is 2.50 bits per heavy atom. The minimum atomic E-state index is -0.255. The van der Waals surface area contributed by atoms with Gasteiger partial charge < -0.3 is 0 Å². The van der Waals surface area contributed by atoms with Crippen molar-refractivity contribution in [1.29, 1.82) is 0 Å². The van der Waals surface area contributed by atoms with Crippen LogP contribution in [-0.4, -0.2) is 26.5 Å². The standard InChI is InChI=1S/C10H14OS3/c1-3-5-10(13-7-8-14-10)9(11)12-6-4-2/h3-4H,1-2,5-8H2. The van der Waals surface area contributed by atoms with Gasteiger partial charge in [0.25, 0.3) is 0 Å². The monoisotopic (exact) mass is 246 g/mol. The van der Waals surface area contributed by atoms with Gasteiger partial charge in [0.15, 0.2) is 0 Å². The molecule has 14 heavy (non-hydrogen) atoms. The van der Waals surface area contributed by atoms with Crippen LogP contribution in [0.1, 0.15) is 6.42 Å². The van der Waals surface area contributed by atoms with Crippen molar-refractivity contribution in [3.05, 3.63) is 25.3 Å². The van der Waals surface area contributed by atoms with Crippen LogP contribution < -0.4 is 0 Å². The predicted octanol–water partition coefficient (Wildman–Crippen LogP) is 3.18. The first-order valence-corrected chi connectivity index (χ1v) is 7.38. The summed E-state index contributed by atoms with van der Waals surface area (Å²) in [5.74, 6) is 2.84. The highest BCUT2D eigenvalue weighted by atomic mass is 32.2. The molecule has 1 heterocycles. The second-order valence-corrected chi connectivity index (χ2v) is 6.87. The average molecular weight is 246 g/mol. The fraction of sp³-hybridized carbons (Fsp3) is 0.500. The smallest absolute Gasteiger partial charge is 0.215 e. The fourth-order valence-electron chi connectivity index (χ4n) is 1.21. The molecule has 1 nitrogen and oxygen atoms in total. The van der Waals surface area contributed by atoms with Crippen LogP contribution in [-0.2, 0) is 4.79 Å². The van der Waals surface area contributed by atoms with Crippen LogP contribution in [0, 0.1) is 0 Å². The summed E-state index contributed by atoms with van der Waals surface area (Å²) in [6.07, 6.45) is 4.39. The fourth-order valence-corrected chi connectivity index (χ4v) is 5.35. The van der Waals surface area contributed by atoms with Gasteiger partial charge in [-0.1, -0.05) is 23.9 Å². The number of hydrogen-bond donors (Lipinski definition) is 0. The zero-order valence-corrected chi connectivity index (χ0v) is 10.5. The third kappa shape index (κ3) is 2.84. The second kappa shape index (κ2) is 5.93. The van der Waals surface area contributed by atoms with Gasteiger partial charge in [-0.15, -0.1) is 36.7 Å². The maximum absolute atomic E-state index is 11.9. The minimum Gasteiger partial charge on any atom is -0.285 e. The number of thioether (sulfide) groups is 3. The van der Waals surface area contributed by atoms with E-state index in [2.05, 4.69) is 13.2 Å². The molecule has 1 aliphatic rings. The molecule has 1 saturated heterocycles. The quantitative estimate of drug-likeness (QED) is 0.693. The van der Waals surface area contributed by atoms with Gasteiger partial charge in [-0.2, -0.15) is 0 Å². The van der Waals surface area contributed by atoms with Crippen LogP contribution in [0.3, 0.4) is 0 Å². The zero-order chi connectivity index (χ0) is 10.4. The van der Waals surface area contributed by atoms with Gasteiger partial charge in [0.2, 0.25) is 5.12 Å². The summed E-state index contributed by atoms with van der Waals surface area (Å²) in [7, 11) is 0. The Labute approximate surface area is 98.2 Å². The first kappa shape index (κ1) is 12.3. The van der Waals surface area contributed by atoms with Crippen LogP contribution in [0.4, 0.5) is 0 Å². The number of hydrogen-bond acceptors (Lipinski definition) is 4. The SMILES string of the molecule is C=CCSC(=O)C1(CC=C)SCCS1. The van der Waals surface area contributed by atoms with Crippen molar-refractivity contribution in [2.24, 2.45) is 0 Å². The van der Waals surface area contributed by atoms with Crippen LogP contribution in [0.25, 0.3) is 0 Å². The predicted molar refractivity (Wildman–Crippen MR) is 70.1 cm³/mol. The molecule has 0 atom stereocenters. The first-order chi connectivity index (χ1) is 6.75. The van der Waals surface area contributed by atoms with Crippen molar-refractivity contribution in [2.75, 3.05) is 17.3 Å². The van der Waals surface area contributed by atoms with E-state index in [1.807, 2.05) is 6.08 Å². The molecule has 0 aromatic carbocycles. The molecule has 0 unspecified atom stereocenters. The molecule has 0 bridgehead atoms. The Kier molecular flexibility index (Phi) is 5.20. The number of allylic oxidation sites excluding steroid dienone is 1. The number of carbonyl (C=O) groups excluding carboxylic acids is 1. The van der Waals surface area contributed by atoms with E-state index in [1.165, 1.54) is 11.8 Å². The Morgan fingerprint density at radius 1 is 1.36 bits per heavy atom. The van der Waals surface area contributed by atoms with Gasteiger partial charge in [-0.25, -0.2) is 0 Å². The van der Waals surface area contributed by atoms with E-state index < -0.39 is 0 Å². The molecule has 0 radical (unpaired) electrons. The van der Waals surface area contributed by atoms with Gasteiger partial charge in [-0.05, 0) is 6.42 Å². The van der Waals surface area contributed by atoms with E-state index >= 15 is 0 Å². The summed E-state index contributed by atoms with van der Waals surface area (Å²) in [4.78, 5) is 11.9. The van der Waals surface area contributed by atoms with Crippen molar-refractivity contribution in [3.8, 4) is 0 Å². The molecule has 1 aliphatic heterocycles. The maximum Gasteiger partial charge on any atom is 0.215 e. The van der Waals surface area contributed by atoms with Crippen molar-refractivity contribution in [3.63, 3.8) is 0 Å². The van der Waals surface area contributed by atoms with Gasteiger partial charge in [0.1, 0.15) is 4.08 Å². The molecule has 78 valence electrons. The number of rotatable bonds is 5. The number of carbonyl (C=O) groups is 1. The van der Waals surface area contributed by atoms with Crippen LogP contribution in [0.5, 0.6) is 0 Å². The highest BCUT2D eigenvalue weighted by molar-refractivity contribution is 8.27. The summed E-state index contributed by atoms with van der Waals surface area (Å²) < 4.78 is -0.255. The van der Waals surface area contributed by atoms with Crippen molar-refractivity contribution in [2.45, 2.75) is 10.5 Å². The van der Waals surface area contributed by atoms with Crippen LogP contribution in [0.15, 0.2) is 25.3 Å². The molecule has 1 rings (SSSR count). The molecular formula is C10H14OS3. The normalized spacial score (nSPS) is 19.1. The Balaban J connectivity index is 2.61. The van der Waals surface area contributed by atoms with E-state index in [1.54, 1.807) is 29.6 Å². The Morgan fingerprint density at radius 2 is 2.00 bits per heavy atom. The molecule has 4 heteroatoms.